The Hall–Kier alpha value is -3.82. The van der Waals surface area contributed by atoms with E-state index in [1.165, 1.54) is 29.1 Å². The summed E-state index contributed by atoms with van der Waals surface area (Å²) < 4.78 is 41.6. The number of benzene rings is 2. The Labute approximate surface area is 170 Å². The van der Waals surface area contributed by atoms with E-state index in [1.54, 1.807) is 26.1 Å². The number of aromatic nitrogens is 2. The molecule has 0 atom stereocenters. The molecular weight excluding hydrogens is 397 g/mol. The highest BCUT2D eigenvalue weighted by molar-refractivity contribution is 6.05. The SMILES string of the molecule is Cc1cn(-c2cc(NC(=O)c3ccc(C)c(NC(=N)N)c3)cc(C(F)(F)F)c2)cn1. The molecule has 0 aliphatic heterocycles. The molecule has 30 heavy (non-hydrogen) atoms. The van der Waals surface area contributed by atoms with Crippen molar-refractivity contribution in [2.24, 2.45) is 5.73 Å². The van der Waals surface area contributed by atoms with E-state index < -0.39 is 17.6 Å². The number of guanidine groups is 1. The highest BCUT2D eigenvalue weighted by atomic mass is 19.4. The number of imidazole rings is 1. The normalized spacial score (nSPS) is 11.2. The Morgan fingerprint density at radius 3 is 2.47 bits per heavy atom. The van der Waals surface area contributed by atoms with Crippen molar-refractivity contribution in [3.8, 4) is 5.69 Å². The number of nitrogens with two attached hydrogens (primary N) is 1. The highest BCUT2D eigenvalue weighted by Gasteiger charge is 2.31. The van der Waals surface area contributed by atoms with Crippen molar-refractivity contribution >= 4 is 23.2 Å². The molecule has 0 saturated carbocycles. The third-order valence-electron chi connectivity index (χ3n) is 4.28. The first kappa shape index (κ1) is 20.9. The van der Waals surface area contributed by atoms with Gasteiger partial charge in [-0.05, 0) is 49.7 Å². The van der Waals surface area contributed by atoms with Crippen LogP contribution in [0, 0.1) is 19.3 Å². The fourth-order valence-electron chi connectivity index (χ4n) is 2.80. The summed E-state index contributed by atoms with van der Waals surface area (Å²) in [6.45, 7) is 3.48. The van der Waals surface area contributed by atoms with Gasteiger partial charge >= 0.3 is 6.18 Å². The van der Waals surface area contributed by atoms with Crippen LogP contribution in [0.25, 0.3) is 5.69 Å². The lowest BCUT2D eigenvalue weighted by Gasteiger charge is -2.14. The minimum absolute atomic E-state index is 0.0159. The monoisotopic (exact) mass is 416 g/mol. The lowest BCUT2D eigenvalue weighted by atomic mass is 10.1. The van der Waals surface area contributed by atoms with Crippen LogP contribution in [0.15, 0.2) is 48.9 Å². The van der Waals surface area contributed by atoms with Crippen molar-refractivity contribution in [2.45, 2.75) is 20.0 Å². The summed E-state index contributed by atoms with van der Waals surface area (Å²) in [5.74, 6) is -0.900. The zero-order chi connectivity index (χ0) is 22.1. The van der Waals surface area contributed by atoms with Crippen molar-refractivity contribution in [2.75, 3.05) is 10.6 Å². The second-order valence-electron chi connectivity index (χ2n) is 6.71. The van der Waals surface area contributed by atoms with Crippen LogP contribution in [0.1, 0.15) is 27.2 Å². The number of carbonyl (C=O) groups excluding carboxylic acids is 1. The van der Waals surface area contributed by atoms with Crippen LogP contribution in [-0.2, 0) is 6.18 Å². The molecule has 156 valence electrons. The number of rotatable bonds is 4. The predicted molar refractivity (Wildman–Crippen MR) is 108 cm³/mol. The number of carbonyl (C=O) groups is 1. The van der Waals surface area contributed by atoms with Crippen LogP contribution in [0.4, 0.5) is 24.5 Å². The number of hydrogen-bond acceptors (Lipinski definition) is 3. The fourth-order valence-corrected chi connectivity index (χ4v) is 2.80. The Kier molecular flexibility index (Phi) is 5.50. The minimum Gasteiger partial charge on any atom is -0.370 e. The molecule has 0 spiro atoms. The first-order valence-corrected chi connectivity index (χ1v) is 8.79. The molecule has 10 heteroatoms. The van der Waals surface area contributed by atoms with E-state index in [-0.39, 0.29) is 22.9 Å². The molecule has 1 amide bonds. The minimum atomic E-state index is -4.59. The fraction of sp³-hybridized carbons (Fsp3) is 0.150. The van der Waals surface area contributed by atoms with E-state index in [4.69, 9.17) is 11.1 Å². The van der Waals surface area contributed by atoms with Crippen LogP contribution < -0.4 is 16.4 Å². The van der Waals surface area contributed by atoms with Crippen LogP contribution in [0.2, 0.25) is 0 Å². The zero-order valence-corrected chi connectivity index (χ0v) is 16.1. The maximum atomic E-state index is 13.4. The molecule has 7 nitrogen and oxygen atoms in total. The third kappa shape index (κ3) is 4.77. The molecule has 1 aromatic heterocycles. The summed E-state index contributed by atoms with van der Waals surface area (Å²) in [4.78, 5) is 16.7. The summed E-state index contributed by atoms with van der Waals surface area (Å²) in [7, 11) is 0. The molecule has 1 heterocycles. The zero-order valence-electron chi connectivity index (χ0n) is 16.1. The number of nitrogens with one attached hydrogen (secondary N) is 3. The number of aryl methyl sites for hydroxylation is 2. The van der Waals surface area contributed by atoms with Gasteiger partial charge in [0.2, 0.25) is 0 Å². The molecule has 2 aromatic carbocycles. The van der Waals surface area contributed by atoms with E-state index in [1.807, 2.05) is 0 Å². The van der Waals surface area contributed by atoms with Crippen molar-refractivity contribution in [1.29, 1.82) is 5.41 Å². The lowest BCUT2D eigenvalue weighted by molar-refractivity contribution is -0.137. The summed E-state index contributed by atoms with van der Waals surface area (Å²) in [5.41, 5.74) is 6.67. The van der Waals surface area contributed by atoms with E-state index in [0.29, 0.717) is 11.4 Å². The summed E-state index contributed by atoms with van der Waals surface area (Å²) in [5, 5.41) is 12.4. The predicted octanol–water partition coefficient (Wildman–Crippen LogP) is 4.07. The quantitative estimate of drug-likeness (QED) is 0.380. The Morgan fingerprint density at radius 2 is 1.87 bits per heavy atom. The smallest absolute Gasteiger partial charge is 0.370 e. The molecule has 0 fully saturated rings. The van der Waals surface area contributed by atoms with Crippen molar-refractivity contribution in [1.82, 2.24) is 9.55 Å². The van der Waals surface area contributed by atoms with Crippen LogP contribution >= 0.6 is 0 Å². The van der Waals surface area contributed by atoms with Crippen molar-refractivity contribution < 1.29 is 18.0 Å². The molecular formula is C20H19F3N6O. The summed E-state index contributed by atoms with van der Waals surface area (Å²) >= 11 is 0. The number of amides is 1. The Morgan fingerprint density at radius 1 is 1.13 bits per heavy atom. The molecule has 0 saturated heterocycles. The number of nitrogens with zero attached hydrogens (tertiary/aromatic N) is 2. The van der Waals surface area contributed by atoms with Crippen LogP contribution in [-0.4, -0.2) is 21.4 Å². The topological polar surface area (TPSA) is 109 Å². The number of halogens is 3. The van der Waals surface area contributed by atoms with Crippen LogP contribution in [0.3, 0.4) is 0 Å². The maximum Gasteiger partial charge on any atom is 0.416 e. The maximum absolute atomic E-state index is 13.4. The average Bonchev–Trinajstić information content (AvgIpc) is 3.08. The Balaban J connectivity index is 1.95. The van der Waals surface area contributed by atoms with Gasteiger partial charge in [-0.3, -0.25) is 10.2 Å². The van der Waals surface area contributed by atoms with E-state index in [0.717, 1.165) is 17.7 Å². The summed E-state index contributed by atoms with van der Waals surface area (Å²) in [6.07, 6.45) is -1.61. The Bertz CT molecular complexity index is 1120. The molecule has 5 N–H and O–H groups in total. The van der Waals surface area contributed by atoms with Gasteiger partial charge in [-0.2, -0.15) is 13.2 Å². The van der Waals surface area contributed by atoms with E-state index in [9.17, 15) is 18.0 Å². The molecule has 0 aliphatic rings. The van der Waals surface area contributed by atoms with Gasteiger partial charge < -0.3 is 20.9 Å². The molecule has 0 bridgehead atoms. The van der Waals surface area contributed by atoms with Gasteiger partial charge in [-0.25, -0.2) is 4.98 Å². The third-order valence-corrected chi connectivity index (χ3v) is 4.28. The van der Waals surface area contributed by atoms with Crippen molar-refractivity contribution in [3.63, 3.8) is 0 Å². The average molecular weight is 416 g/mol. The molecule has 3 rings (SSSR count). The lowest BCUT2D eigenvalue weighted by Crippen LogP contribution is -2.21. The standard InChI is InChI=1S/C20H19F3N6O/c1-11-3-4-13(5-17(11)28-19(24)25)18(30)27-15-6-14(20(21,22)23)7-16(8-15)29-9-12(2)26-10-29/h3-10H,1-2H3,(H,27,30)(H4,24,25,28). The van der Waals surface area contributed by atoms with Gasteiger partial charge in [0, 0.05) is 28.8 Å². The first-order valence-electron chi connectivity index (χ1n) is 8.79. The molecule has 0 unspecified atom stereocenters. The molecule has 0 aliphatic carbocycles. The summed E-state index contributed by atoms with van der Waals surface area (Å²) in [6, 6.07) is 7.93. The van der Waals surface area contributed by atoms with Crippen LogP contribution in [0.5, 0.6) is 0 Å². The van der Waals surface area contributed by atoms with Gasteiger partial charge in [-0.15, -0.1) is 0 Å². The van der Waals surface area contributed by atoms with Crippen molar-refractivity contribution in [3.05, 3.63) is 71.3 Å². The number of anilines is 2. The van der Waals surface area contributed by atoms with Gasteiger partial charge in [-0.1, -0.05) is 6.07 Å². The number of alkyl halides is 3. The highest BCUT2D eigenvalue weighted by Crippen LogP contribution is 2.33. The second-order valence-corrected chi connectivity index (χ2v) is 6.71. The second kappa shape index (κ2) is 7.90. The molecule has 0 radical (unpaired) electrons. The first-order chi connectivity index (χ1) is 14.0. The number of hydrogen-bond donors (Lipinski definition) is 4. The molecule has 3 aromatic rings. The van der Waals surface area contributed by atoms with Gasteiger partial charge in [0.05, 0.1) is 17.6 Å². The van der Waals surface area contributed by atoms with Gasteiger partial charge in [0.1, 0.15) is 0 Å². The van der Waals surface area contributed by atoms with E-state index >= 15 is 0 Å². The van der Waals surface area contributed by atoms with Gasteiger partial charge in [0.15, 0.2) is 5.96 Å². The largest absolute Gasteiger partial charge is 0.416 e. The van der Waals surface area contributed by atoms with Gasteiger partial charge in [0.25, 0.3) is 5.91 Å². The van der Waals surface area contributed by atoms with E-state index in [2.05, 4.69) is 15.6 Å².